The fraction of sp³-hybridized carbons (Fsp3) is 0.750. The van der Waals surface area contributed by atoms with E-state index in [4.69, 9.17) is 20.2 Å². The number of alkyl halides is 2. The Morgan fingerprint density at radius 3 is 1.62 bits per heavy atom. The van der Waals surface area contributed by atoms with E-state index in [2.05, 4.69) is 63.7 Å². The van der Waals surface area contributed by atoms with E-state index in [0.717, 1.165) is 0 Å². The van der Waals surface area contributed by atoms with E-state index in [1.807, 2.05) is 0 Å². The van der Waals surface area contributed by atoms with Gasteiger partial charge in [0.1, 0.15) is 6.61 Å². The van der Waals surface area contributed by atoms with Gasteiger partial charge in [0.05, 0.1) is 19.7 Å². The highest BCUT2D eigenvalue weighted by Gasteiger charge is 1.94. The van der Waals surface area contributed by atoms with Gasteiger partial charge in [0, 0.05) is 32.0 Å². The van der Waals surface area contributed by atoms with Crippen LogP contribution in [0.15, 0.2) is 0 Å². The van der Waals surface area contributed by atoms with Crippen LogP contribution in [0.2, 0.25) is 0 Å². The molecule has 8 nitrogen and oxygen atoms in total. The van der Waals surface area contributed by atoms with Crippen LogP contribution < -0.4 is 11.5 Å². The molecule has 6 N–H and O–H groups in total. The Morgan fingerprint density at radius 2 is 1.48 bits per heavy atom. The highest BCUT2D eigenvalue weighted by atomic mass is 79.9. The highest BCUT2D eigenvalue weighted by Crippen LogP contribution is 1.89. The molecule has 0 bridgehead atoms. The van der Waals surface area contributed by atoms with E-state index in [0.29, 0.717) is 17.3 Å². The summed E-state index contributed by atoms with van der Waals surface area (Å²) in [4.78, 5) is 19.4. The van der Waals surface area contributed by atoms with Gasteiger partial charge in [-0.2, -0.15) is 0 Å². The van der Waals surface area contributed by atoms with Crippen LogP contribution >= 0.6 is 53.2 Å². The summed E-state index contributed by atoms with van der Waals surface area (Å²) in [5.74, 6) is -1.32. The fourth-order valence-corrected chi connectivity index (χ4v) is 0.373. The van der Waals surface area contributed by atoms with Crippen LogP contribution in [-0.2, 0) is 23.6 Å². The predicted octanol–water partition coefficient (Wildman–Crippen LogP) is 0.329. The maximum absolute atomic E-state index is 10.2. The van der Waals surface area contributed by atoms with Crippen LogP contribution in [0.25, 0.3) is 0 Å². The number of nitrogens with two attached hydrogens (primary N) is 2. The first kappa shape index (κ1) is 29.5. The first-order valence-corrected chi connectivity index (χ1v) is 10.0. The molecule has 21 heavy (non-hydrogen) atoms. The van der Waals surface area contributed by atoms with Crippen LogP contribution in [-0.4, -0.2) is 63.3 Å². The van der Waals surface area contributed by atoms with Crippen LogP contribution in [0, 0.1) is 0 Å². The number of aliphatic hydroxyl groups excluding tert-OH is 1. The molecule has 0 spiro atoms. The van der Waals surface area contributed by atoms with E-state index in [1.54, 1.807) is 0 Å². The van der Waals surface area contributed by atoms with Crippen molar-refractivity contribution < 1.29 is 28.7 Å². The number of aliphatic hydroxyl groups is 1. The molecule has 0 saturated heterocycles. The standard InChI is InChI=1S/C4H8BrNO2.C2H5BrO.C2H5NO2.Cl2OS/c5-1-2-8-4(7)3-6;3-1-2-4;3-1-2(4)5;1-4(2)3/h1-3,6H2;4H,1-2H2;1,3H2,(H,4,5);. The summed E-state index contributed by atoms with van der Waals surface area (Å²) in [5.41, 5.74) is 9.49. The van der Waals surface area contributed by atoms with Crippen molar-refractivity contribution in [1.29, 1.82) is 0 Å². The van der Waals surface area contributed by atoms with Crippen molar-refractivity contribution in [3.05, 3.63) is 0 Å². The lowest BCUT2D eigenvalue weighted by atomic mass is 10.7. The van der Waals surface area contributed by atoms with Crippen molar-refractivity contribution in [3.63, 3.8) is 0 Å². The fourth-order valence-electron chi connectivity index (χ4n) is 0.211. The van der Waals surface area contributed by atoms with Gasteiger partial charge in [-0.05, 0) is 0 Å². The summed E-state index contributed by atoms with van der Waals surface area (Å²) >= 11 is 6.09. The number of rotatable bonds is 5. The zero-order valence-corrected chi connectivity index (χ0v) is 16.3. The number of carboxylic acid groups (broad SMARTS) is 1. The lowest BCUT2D eigenvalue weighted by Crippen LogP contribution is -2.17. The first-order valence-electron chi connectivity index (χ1n) is 4.97. The molecule has 0 unspecified atom stereocenters. The quantitative estimate of drug-likeness (QED) is 0.239. The number of esters is 1. The van der Waals surface area contributed by atoms with Crippen molar-refractivity contribution >= 4 is 74.4 Å². The summed E-state index contributed by atoms with van der Waals surface area (Å²) in [5, 5.41) is 16.8. The summed E-state index contributed by atoms with van der Waals surface area (Å²) in [7, 11) is 7.36. The zero-order valence-electron chi connectivity index (χ0n) is 10.8. The largest absolute Gasteiger partial charge is 0.480 e. The summed E-state index contributed by atoms with van der Waals surface area (Å²) in [6.07, 6.45) is 0. The molecule has 0 radical (unpaired) electrons. The zero-order chi connectivity index (χ0) is 17.7. The number of ether oxygens (including phenoxy) is 1. The van der Waals surface area contributed by atoms with E-state index >= 15 is 0 Å². The average molecular weight is 501 g/mol. The first-order chi connectivity index (χ1) is 9.72. The second kappa shape index (κ2) is 28.6. The molecule has 130 valence electrons. The summed E-state index contributed by atoms with van der Waals surface area (Å²) in [6.45, 7) is 0.322. The number of halogens is 4. The molecule has 0 heterocycles. The Kier molecular flexibility index (Phi) is 40.3. The smallest absolute Gasteiger partial charge is 0.319 e. The van der Waals surface area contributed by atoms with Crippen LogP contribution in [0.5, 0.6) is 0 Å². The number of hydrogen-bond acceptors (Lipinski definition) is 7. The second-order valence-corrected chi connectivity index (χ2v) is 6.42. The molecule has 0 aromatic heterocycles. The van der Waals surface area contributed by atoms with Gasteiger partial charge in [0.25, 0.3) is 0 Å². The van der Waals surface area contributed by atoms with Gasteiger partial charge < -0.3 is 26.4 Å². The molecule has 0 aromatic rings. The molecule has 0 aromatic carbocycles. The summed E-state index contributed by atoms with van der Waals surface area (Å²) in [6, 6.07) is 0. The minimum Gasteiger partial charge on any atom is -0.480 e. The van der Waals surface area contributed by atoms with E-state index in [-0.39, 0.29) is 25.7 Å². The van der Waals surface area contributed by atoms with Gasteiger partial charge in [0.15, 0.2) is 0 Å². The van der Waals surface area contributed by atoms with Crippen LogP contribution in [0.3, 0.4) is 0 Å². The SMILES string of the molecule is NCC(=O)O.NCC(=O)OCCBr.O=S(Cl)Cl.OCCBr. The molecule has 0 atom stereocenters. The van der Waals surface area contributed by atoms with Crippen molar-refractivity contribution in [2.24, 2.45) is 11.5 Å². The van der Waals surface area contributed by atoms with Crippen molar-refractivity contribution in [2.75, 3.05) is 37.0 Å². The van der Waals surface area contributed by atoms with E-state index in [9.17, 15) is 9.59 Å². The number of carbonyl (C=O) groups is 2. The van der Waals surface area contributed by atoms with Gasteiger partial charge in [0.2, 0.25) is 9.23 Å². The van der Waals surface area contributed by atoms with E-state index < -0.39 is 15.2 Å². The maximum Gasteiger partial charge on any atom is 0.319 e. The van der Waals surface area contributed by atoms with E-state index in [1.165, 1.54) is 0 Å². The average Bonchev–Trinajstić information content (AvgIpc) is 2.44. The lowest BCUT2D eigenvalue weighted by Gasteiger charge is -1.96. The minimum absolute atomic E-state index is 0.0347. The van der Waals surface area contributed by atoms with Crippen LogP contribution in [0.4, 0.5) is 0 Å². The van der Waals surface area contributed by atoms with Gasteiger partial charge in [-0.3, -0.25) is 9.59 Å². The monoisotopic (exact) mass is 498 g/mol. The van der Waals surface area contributed by atoms with Crippen molar-refractivity contribution in [3.8, 4) is 0 Å². The molecule has 13 heteroatoms. The molecule has 0 saturated carbocycles. The maximum atomic E-state index is 10.2. The van der Waals surface area contributed by atoms with Crippen molar-refractivity contribution in [2.45, 2.75) is 0 Å². The molecule has 0 aliphatic rings. The molecule has 0 rings (SSSR count). The summed E-state index contributed by atoms with van der Waals surface area (Å²) < 4.78 is 13.6. The van der Waals surface area contributed by atoms with Crippen molar-refractivity contribution in [1.82, 2.24) is 0 Å². The second-order valence-electron chi connectivity index (χ2n) is 2.31. The Hall–Kier alpha value is 0.510. The third-order valence-corrected chi connectivity index (χ3v) is 1.44. The number of aliphatic carboxylic acids is 1. The molecular formula is C8H18Br2Cl2N2O6S. The topological polar surface area (TPSA) is 153 Å². The van der Waals surface area contributed by atoms with Gasteiger partial charge in [-0.25, -0.2) is 4.21 Å². The highest BCUT2D eigenvalue weighted by molar-refractivity contribution is 9.09. The lowest BCUT2D eigenvalue weighted by molar-refractivity contribution is -0.141. The molecule has 0 fully saturated rings. The van der Waals surface area contributed by atoms with Gasteiger partial charge >= 0.3 is 11.9 Å². The number of carbonyl (C=O) groups excluding carboxylic acids is 1. The van der Waals surface area contributed by atoms with Gasteiger partial charge in [-0.1, -0.05) is 31.9 Å². The molecule has 0 aliphatic carbocycles. The molecule has 0 aliphatic heterocycles. The number of carboxylic acids is 1. The third-order valence-electron chi connectivity index (χ3n) is 0.766. The predicted molar refractivity (Wildman–Crippen MR) is 91.2 cm³/mol. The Bertz CT molecular complexity index is 261. The number of hydrogen-bond donors (Lipinski definition) is 4. The molecule has 0 amide bonds. The normalized spacial score (nSPS) is 8.19. The van der Waals surface area contributed by atoms with Gasteiger partial charge in [-0.15, -0.1) is 0 Å². The Labute approximate surface area is 151 Å². The Morgan fingerprint density at radius 1 is 1.14 bits per heavy atom. The minimum atomic E-state index is -1.67. The van der Waals surface area contributed by atoms with Crippen LogP contribution in [0.1, 0.15) is 0 Å². The Balaban J connectivity index is -0.0000000970. The molecular weight excluding hydrogens is 483 g/mol. The third kappa shape index (κ3) is 77.7.